The van der Waals surface area contributed by atoms with Crippen LogP contribution >= 0.6 is 11.8 Å². The number of primary amides is 1. The molecule has 0 saturated carbocycles. The van der Waals surface area contributed by atoms with E-state index in [-0.39, 0.29) is 5.91 Å². The molecule has 0 bridgehead atoms. The lowest BCUT2D eigenvalue weighted by Crippen LogP contribution is -2.49. The number of carbonyl (C=O) groups is 2. The zero-order valence-corrected chi connectivity index (χ0v) is 12.1. The van der Waals surface area contributed by atoms with E-state index in [1.807, 2.05) is 6.26 Å². The highest BCUT2D eigenvalue weighted by atomic mass is 32.2. The van der Waals surface area contributed by atoms with Gasteiger partial charge in [0.25, 0.3) is 0 Å². The standard InChI is InChI=1S/C12H25N3O2S/c1-3-4-5-6-8-14-11(16)10(7-9-18-2)15-12(13)17/h10H,3-9H2,1-2H3,(H,14,16)(H3,13,15,17). The molecule has 0 aromatic carbocycles. The molecule has 0 saturated heterocycles. The number of nitrogens with two attached hydrogens (primary N) is 1. The average molecular weight is 275 g/mol. The van der Waals surface area contributed by atoms with Gasteiger partial charge in [-0.2, -0.15) is 11.8 Å². The molecular weight excluding hydrogens is 250 g/mol. The van der Waals surface area contributed by atoms with Crippen molar-refractivity contribution in [2.75, 3.05) is 18.6 Å². The Hall–Kier alpha value is -0.910. The van der Waals surface area contributed by atoms with Crippen molar-refractivity contribution in [2.24, 2.45) is 5.73 Å². The second-order valence-corrected chi connectivity index (χ2v) is 5.18. The van der Waals surface area contributed by atoms with Gasteiger partial charge in [-0.15, -0.1) is 0 Å². The highest BCUT2D eigenvalue weighted by Crippen LogP contribution is 2.02. The molecule has 0 aromatic rings. The van der Waals surface area contributed by atoms with E-state index in [4.69, 9.17) is 5.73 Å². The van der Waals surface area contributed by atoms with Crippen LogP contribution in [0, 0.1) is 0 Å². The summed E-state index contributed by atoms with van der Waals surface area (Å²) in [7, 11) is 0. The van der Waals surface area contributed by atoms with E-state index in [9.17, 15) is 9.59 Å². The first-order valence-corrected chi connectivity index (χ1v) is 7.83. The molecule has 1 unspecified atom stereocenters. The van der Waals surface area contributed by atoms with Gasteiger partial charge in [0, 0.05) is 6.54 Å². The fourth-order valence-corrected chi connectivity index (χ4v) is 2.03. The molecule has 5 nitrogen and oxygen atoms in total. The van der Waals surface area contributed by atoms with Crippen molar-refractivity contribution in [1.29, 1.82) is 0 Å². The first-order valence-electron chi connectivity index (χ1n) is 6.44. The van der Waals surface area contributed by atoms with Crippen molar-refractivity contribution in [3.63, 3.8) is 0 Å². The molecule has 4 N–H and O–H groups in total. The zero-order valence-electron chi connectivity index (χ0n) is 11.3. The highest BCUT2D eigenvalue weighted by Gasteiger charge is 2.18. The topological polar surface area (TPSA) is 84.2 Å². The van der Waals surface area contributed by atoms with Gasteiger partial charge in [0.2, 0.25) is 5.91 Å². The van der Waals surface area contributed by atoms with Gasteiger partial charge in [-0.3, -0.25) is 4.79 Å². The van der Waals surface area contributed by atoms with Gasteiger partial charge in [-0.1, -0.05) is 26.2 Å². The normalized spacial score (nSPS) is 11.9. The van der Waals surface area contributed by atoms with E-state index < -0.39 is 12.1 Å². The minimum Gasteiger partial charge on any atom is -0.354 e. The molecular formula is C12H25N3O2S. The van der Waals surface area contributed by atoms with Gasteiger partial charge in [0.1, 0.15) is 6.04 Å². The molecule has 0 aliphatic heterocycles. The van der Waals surface area contributed by atoms with Crippen LogP contribution in [0.1, 0.15) is 39.0 Å². The summed E-state index contributed by atoms with van der Waals surface area (Å²) >= 11 is 1.64. The highest BCUT2D eigenvalue weighted by molar-refractivity contribution is 7.98. The Labute approximate surface area is 114 Å². The SMILES string of the molecule is CCCCCCNC(=O)C(CCSC)NC(N)=O. The molecule has 0 heterocycles. The van der Waals surface area contributed by atoms with Crippen LogP contribution < -0.4 is 16.4 Å². The molecule has 0 aliphatic rings. The Morgan fingerprint density at radius 2 is 2.00 bits per heavy atom. The second-order valence-electron chi connectivity index (χ2n) is 4.19. The monoisotopic (exact) mass is 275 g/mol. The van der Waals surface area contributed by atoms with Gasteiger partial charge >= 0.3 is 6.03 Å². The number of carbonyl (C=O) groups excluding carboxylic acids is 2. The summed E-state index contributed by atoms with van der Waals surface area (Å²) in [6.07, 6.45) is 7.02. The van der Waals surface area contributed by atoms with E-state index >= 15 is 0 Å². The number of rotatable bonds is 10. The molecule has 0 radical (unpaired) electrons. The predicted molar refractivity (Wildman–Crippen MR) is 76.7 cm³/mol. The second kappa shape index (κ2) is 11.2. The van der Waals surface area contributed by atoms with Gasteiger partial charge in [-0.25, -0.2) is 4.79 Å². The van der Waals surface area contributed by atoms with Crippen LogP contribution in [0.4, 0.5) is 4.79 Å². The Balaban J connectivity index is 3.92. The summed E-state index contributed by atoms with van der Waals surface area (Å²) < 4.78 is 0. The van der Waals surface area contributed by atoms with Crippen molar-refractivity contribution in [3.8, 4) is 0 Å². The third-order valence-corrected chi connectivity index (χ3v) is 3.22. The lowest BCUT2D eigenvalue weighted by atomic mass is 10.2. The van der Waals surface area contributed by atoms with E-state index in [0.29, 0.717) is 13.0 Å². The van der Waals surface area contributed by atoms with E-state index in [1.165, 1.54) is 12.8 Å². The molecule has 1 atom stereocenters. The number of amides is 3. The zero-order chi connectivity index (χ0) is 13.8. The minimum absolute atomic E-state index is 0.139. The predicted octanol–water partition coefficient (Wildman–Crippen LogP) is 1.47. The molecule has 0 fully saturated rings. The largest absolute Gasteiger partial charge is 0.354 e. The molecule has 0 spiro atoms. The number of urea groups is 1. The van der Waals surface area contributed by atoms with Crippen LogP contribution in [0.15, 0.2) is 0 Å². The van der Waals surface area contributed by atoms with Gasteiger partial charge in [0.15, 0.2) is 0 Å². The summed E-state index contributed by atoms with van der Waals surface area (Å²) in [4.78, 5) is 22.6. The smallest absolute Gasteiger partial charge is 0.312 e. The van der Waals surface area contributed by atoms with Gasteiger partial charge in [0.05, 0.1) is 0 Å². The average Bonchev–Trinajstić information content (AvgIpc) is 2.33. The minimum atomic E-state index is -0.651. The quantitative estimate of drug-likeness (QED) is 0.528. The van der Waals surface area contributed by atoms with Crippen LogP contribution in [0.5, 0.6) is 0 Å². The number of nitrogens with one attached hydrogen (secondary N) is 2. The lowest BCUT2D eigenvalue weighted by Gasteiger charge is -2.16. The van der Waals surface area contributed by atoms with Crippen LogP contribution in [-0.4, -0.2) is 36.5 Å². The van der Waals surface area contributed by atoms with Crippen molar-refractivity contribution >= 4 is 23.7 Å². The molecule has 6 heteroatoms. The summed E-state index contributed by atoms with van der Waals surface area (Å²) in [5.74, 6) is 0.674. The fourth-order valence-electron chi connectivity index (χ4n) is 1.56. The Kier molecular flexibility index (Phi) is 10.6. The van der Waals surface area contributed by atoms with Crippen LogP contribution in [0.2, 0.25) is 0 Å². The number of thioether (sulfide) groups is 1. The summed E-state index contributed by atoms with van der Waals surface area (Å²) in [6.45, 7) is 2.81. The summed E-state index contributed by atoms with van der Waals surface area (Å²) in [5, 5.41) is 5.32. The molecule has 18 heavy (non-hydrogen) atoms. The summed E-state index contributed by atoms with van der Waals surface area (Å²) in [5.41, 5.74) is 5.06. The number of hydrogen-bond donors (Lipinski definition) is 3. The van der Waals surface area contributed by atoms with Gasteiger partial charge in [-0.05, 0) is 24.9 Å². The van der Waals surface area contributed by atoms with Crippen molar-refractivity contribution in [3.05, 3.63) is 0 Å². The van der Waals surface area contributed by atoms with Crippen molar-refractivity contribution in [2.45, 2.75) is 45.1 Å². The first kappa shape index (κ1) is 17.1. The van der Waals surface area contributed by atoms with E-state index in [2.05, 4.69) is 17.6 Å². The van der Waals surface area contributed by atoms with E-state index in [0.717, 1.165) is 18.6 Å². The van der Waals surface area contributed by atoms with E-state index in [1.54, 1.807) is 11.8 Å². The summed E-state index contributed by atoms with van der Waals surface area (Å²) in [6, 6.07) is -1.16. The fraction of sp³-hybridized carbons (Fsp3) is 0.833. The van der Waals surface area contributed by atoms with Crippen LogP contribution in [0.3, 0.4) is 0 Å². The lowest BCUT2D eigenvalue weighted by molar-refractivity contribution is -0.122. The maximum absolute atomic E-state index is 11.8. The maximum atomic E-state index is 11.8. The number of hydrogen-bond acceptors (Lipinski definition) is 3. The van der Waals surface area contributed by atoms with Crippen molar-refractivity contribution in [1.82, 2.24) is 10.6 Å². The Morgan fingerprint density at radius 1 is 1.28 bits per heavy atom. The molecule has 0 rings (SSSR count). The third kappa shape index (κ3) is 9.15. The Morgan fingerprint density at radius 3 is 2.56 bits per heavy atom. The third-order valence-electron chi connectivity index (χ3n) is 2.57. The molecule has 3 amide bonds. The van der Waals surface area contributed by atoms with Crippen LogP contribution in [-0.2, 0) is 4.79 Å². The Bertz CT molecular complexity index is 249. The first-order chi connectivity index (χ1) is 8.61. The maximum Gasteiger partial charge on any atom is 0.312 e. The number of unbranched alkanes of at least 4 members (excludes halogenated alkanes) is 3. The van der Waals surface area contributed by atoms with Crippen molar-refractivity contribution < 1.29 is 9.59 Å². The van der Waals surface area contributed by atoms with Crippen LogP contribution in [0.25, 0.3) is 0 Å². The molecule has 106 valence electrons. The molecule has 0 aromatic heterocycles. The molecule has 0 aliphatic carbocycles. The van der Waals surface area contributed by atoms with Gasteiger partial charge < -0.3 is 16.4 Å².